The van der Waals surface area contributed by atoms with Crippen LogP contribution in [0.15, 0.2) is 30.6 Å². The van der Waals surface area contributed by atoms with Gasteiger partial charge in [-0.15, -0.1) is 0 Å². The Bertz CT molecular complexity index is 557. The quantitative estimate of drug-likeness (QED) is 0.635. The van der Waals surface area contributed by atoms with Gasteiger partial charge >= 0.3 is 0 Å². The highest BCUT2D eigenvalue weighted by molar-refractivity contribution is 5.89. The van der Waals surface area contributed by atoms with E-state index in [4.69, 9.17) is 4.74 Å². The maximum absolute atomic E-state index is 10.2. The molecule has 0 fully saturated rings. The summed E-state index contributed by atoms with van der Waals surface area (Å²) in [4.78, 5) is 12.8. The molecule has 1 aromatic heterocycles. The number of methoxy groups -OCH3 is 1. The zero-order valence-electron chi connectivity index (χ0n) is 8.64. The molecule has 1 N–H and O–H groups in total. The van der Waals surface area contributed by atoms with Gasteiger partial charge in [-0.3, -0.25) is 10.1 Å². The first kappa shape index (κ1) is 10.2. The molecule has 0 aliphatic rings. The number of nitro groups is 1. The number of aromatic nitrogens is 1. The summed E-state index contributed by atoms with van der Waals surface area (Å²) in [5.74, 6) is 0.725. The van der Waals surface area contributed by atoms with Crippen LogP contribution in [0, 0.1) is 10.1 Å². The monoisotopic (exact) mass is 218 g/mol. The van der Waals surface area contributed by atoms with Gasteiger partial charge in [0, 0.05) is 28.7 Å². The summed E-state index contributed by atoms with van der Waals surface area (Å²) < 4.78 is 5.10. The molecule has 0 unspecified atom stereocenters. The molecule has 2 aromatic rings. The van der Waals surface area contributed by atoms with Crippen LogP contribution < -0.4 is 4.74 Å². The summed E-state index contributed by atoms with van der Waals surface area (Å²) >= 11 is 0. The number of H-pyrrole nitrogens is 1. The van der Waals surface area contributed by atoms with Gasteiger partial charge in [0.2, 0.25) is 6.20 Å². The fourth-order valence-corrected chi connectivity index (χ4v) is 1.53. The third kappa shape index (κ3) is 1.88. The number of ether oxygens (including phenoxy) is 1. The van der Waals surface area contributed by atoms with Gasteiger partial charge in [-0.2, -0.15) is 0 Å². The van der Waals surface area contributed by atoms with Gasteiger partial charge in [-0.05, 0) is 18.2 Å². The first-order valence-electron chi connectivity index (χ1n) is 4.67. The summed E-state index contributed by atoms with van der Waals surface area (Å²) in [7, 11) is 1.58. The fourth-order valence-electron chi connectivity index (χ4n) is 1.53. The highest BCUT2D eigenvalue weighted by atomic mass is 16.6. The van der Waals surface area contributed by atoms with Crippen molar-refractivity contribution in [1.29, 1.82) is 0 Å². The highest BCUT2D eigenvalue weighted by Crippen LogP contribution is 2.24. The number of fused-ring (bicyclic) bond motifs is 1. The molecule has 0 saturated carbocycles. The summed E-state index contributed by atoms with van der Waals surface area (Å²) in [6.07, 6.45) is 4.10. The molecule has 1 heterocycles. The van der Waals surface area contributed by atoms with Crippen LogP contribution in [-0.4, -0.2) is 17.0 Å². The minimum absolute atomic E-state index is 0.487. The van der Waals surface area contributed by atoms with Gasteiger partial charge in [0.15, 0.2) is 0 Å². The summed E-state index contributed by atoms with van der Waals surface area (Å²) in [6.45, 7) is 0. The van der Waals surface area contributed by atoms with E-state index in [0.717, 1.165) is 28.4 Å². The zero-order valence-corrected chi connectivity index (χ0v) is 8.64. The van der Waals surface area contributed by atoms with Gasteiger partial charge in [0.25, 0.3) is 0 Å². The van der Waals surface area contributed by atoms with Gasteiger partial charge in [-0.1, -0.05) is 0 Å². The number of hydrogen-bond acceptors (Lipinski definition) is 3. The Morgan fingerprint density at radius 1 is 1.50 bits per heavy atom. The van der Waals surface area contributed by atoms with Gasteiger partial charge in [-0.25, -0.2) is 0 Å². The normalized spacial score (nSPS) is 11.1. The van der Waals surface area contributed by atoms with Crippen LogP contribution in [0.4, 0.5) is 0 Å². The number of aromatic amines is 1. The highest BCUT2D eigenvalue weighted by Gasteiger charge is 2.03. The Morgan fingerprint density at radius 2 is 2.31 bits per heavy atom. The van der Waals surface area contributed by atoms with Crippen molar-refractivity contribution in [2.24, 2.45) is 0 Å². The van der Waals surface area contributed by atoms with E-state index in [0.29, 0.717) is 0 Å². The van der Waals surface area contributed by atoms with Crippen molar-refractivity contribution < 1.29 is 9.66 Å². The smallest absolute Gasteiger partial charge is 0.235 e. The van der Waals surface area contributed by atoms with E-state index in [9.17, 15) is 10.1 Å². The zero-order chi connectivity index (χ0) is 11.5. The van der Waals surface area contributed by atoms with Crippen LogP contribution in [0.25, 0.3) is 17.0 Å². The molecule has 16 heavy (non-hydrogen) atoms. The Balaban J connectivity index is 2.49. The standard InChI is InChI=1S/C11H10N2O3/c1-16-9-2-3-11-10(6-9)8(7-12-11)4-5-13(14)15/h2-7,12H,1H3. The maximum atomic E-state index is 10.2. The van der Waals surface area contributed by atoms with Crippen molar-refractivity contribution in [2.45, 2.75) is 0 Å². The molecular weight excluding hydrogens is 208 g/mol. The van der Waals surface area contributed by atoms with Crippen molar-refractivity contribution in [2.75, 3.05) is 7.11 Å². The number of rotatable bonds is 3. The molecule has 0 amide bonds. The molecule has 0 spiro atoms. The average Bonchev–Trinajstić information content (AvgIpc) is 2.68. The number of benzene rings is 1. The molecule has 1 aromatic carbocycles. The first-order valence-corrected chi connectivity index (χ1v) is 4.67. The molecular formula is C11H10N2O3. The lowest BCUT2D eigenvalue weighted by Gasteiger charge is -1.98. The molecule has 5 heteroatoms. The first-order chi connectivity index (χ1) is 7.70. The topological polar surface area (TPSA) is 68.2 Å². The van der Waals surface area contributed by atoms with Crippen molar-refractivity contribution in [3.05, 3.63) is 46.3 Å². The third-order valence-electron chi connectivity index (χ3n) is 2.30. The number of nitrogens with one attached hydrogen (secondary N) is 1. The second kappa shape index (κ2) is 4.06. The summed E-state index contributed by atoms with van der Waals surface area (Å²) in [6, 6.07) is 5.54. The molecule has 5 nitrogen and oxygen atoms in total. The van der Waals surface area contributed by atoms with Crippen molar-refractivity contribution in [3.8, 4) is 5.75 Å². The van der Waals surface area contributed by atoms with Crippen LogP contribution in [0.2, 0.25) is 0 Å². The van der Waals surface area contributed by atoms with E-state index < -0.39 is 4.92 Å². The van der Waals surface area contributed by atoms with Crippen LogP contribution in [-0.2, 0) is 0 Å². The summed E-state index contributed by atoms with van der Waals surface area (Å²) in [5, 5.41) is 11.1. The van der Waals surface area contributed by atoms with Gasteiger partial charge in [0.1, 0.15) is 5.75 Å². The van der Waals surface area contributed by atoms with Gasteiger partial charge < -0.3 is 9.72 Å². The van der Waals surface area contributed by atoms with Crippen LogP contribution in [0.1, 0.15) is 5.56 Å². The van der Waals surface area contributed by atoms with Crippen LogP contribution >= 0.6 is 0 Å². The fraction of sp³-hybridized carbons (Fsp3) is 0.0909. The van der Waals surface area contributed by atoms with E-state index in [1.54, 1.807) is 13.3 Å². The largest absolute Gasteiger partial charge is 0.497 e. The van der Waals surface area contributed by atoms with Crippen LogP contribution in [0.5, 0.6) is 5.75 Å². The molecule has 0 bridgehead atoms. The Morgan fingerprint density at radius 3 is 3.00 bits per heavy atom. The van der Waals surface area contributed by atoms with E-state index in [1.165, 1.54) is 6.08 Å². The minimum Gasteiger partial charge on any atom is -0.497 e. The van der Waals surface area contributed by atoms with Crippen molar-refractivity contribution in [3.63, 3.8) is 0 Å². The molecule has 0 aliphatic heterocycles. The molecule has 82 valence electrons. The second-order valence-corrected chi connectivity index (χ2v) is 3.26. The molecule has 2 rings (SSSR count). The SMILES string of the molecule is COc1ccc2[nH]cc(C=C[N+](=O)[O-])c2c1. The van der Waals surface area contributed by atoms with E-state index in [-0.39, 0.29) is 0 Å². The van der Waals surface area contributed by atoms with Gasteiger partial charge in [0.05, 0.1) is 12.0 Å². The van der Waals surface area contributed by atoms with E-state index in [2.05, 4.69) is 4.98 Å². The summed E-state index contributed by atoms with van der Waals surface area (Å²) in [5.41, 5.74) is 1.69. The lowest BCUT2D eigenvalue weighted by Crippen LogP contribution is -1.83. The van der Waals surface area contributed by atoms with Crippen molar-refractivity contribution in [1.82, 2.24) is 4.98 Å². The second-order valence-electron chi connectivity index (χ2n) is 3.26. The molecule has 0 aliphatic carbocycles. The molecule has 0 saturated heterocycles. The lowest BCUT2D eigenvalue weighted by atomic mass is 10.1. The molecule has 0 atom stereocenters. The number of nitrogens with zero attached hydrogens (tertiary/aromatic N) is 1. The lowest BCUT2D eigenvalue weighted by molar-refractivity contribution is -0.400. The average molecular weight is 218 g/mol. The van der Waals surface area contributed by atoms with Crippen LogP contribution in [0.3, 0.4) is 0 Å². The maximum Gasteiger partial charge on any atom is 0.235 e. The Kier molecular flexibility index (Phi) is 2.59. The minimum atomic E-state index is -0.487. The predicted octanol–water partition coefficient (Wildman–Crippen LogP) is 2.42. The Hall–Kier alpha value is -2.30. The van der Waals surface area contributed by atoms with Crippen molar-refractivity contribution >= 4 is 17.0 Å². The van der Waals surface area contributed by atoms with E-state index >= 15 is 0 Å². The number of hydrogen-bond donors (Lipinski definition) is 1. The Labute approximate surface area is 91.5 Å². The molecule has 0 radical (unpaired) electrons. The predicted molar refractivity (Wildman–Crippen MR) is 60.9 cm³/mol. The third-order valence-corrected chi connectivity index (χ3v) is 2.30. The van der Waals surface area contributed by atoms with E-state index in [1.807, 2.05) is 18.2 Å².